The van der Waals surface area contributed by atoms with Crippen LogP contribution in [0.1, 0.15) is 40.0 Å². The van der Waals surface area contributed by atoms with Crippen molar-refractivity contribution in [2.45, 2.75) is 40.0 Å². The first-order valence-corrected chi connectivity index (χ1v) is 6.92. The molecule has 0 spiro atoms. The second-order valence-corrected chi connectivity index (χ2v) is 4.79. The number of esters is 1. The molecule has 0 radical (unpaired) electrons. The van der Waals surface area contributed by atoms with Crippen LogP contribution < -0.4 is 0 Å². The predicted molar refractivity (Wildman–Crippen MR) is 74.1 cm³/mol. The van der Waals surface area contributed by atoms with Crippen LogP contribution >= 0.6 is 0 Å². The molecule has 0 saturated carbocycles. The van der Waals surface area contributed by atoms with E-state index < -0.39 is 0 Å². The molecule has 1 aliphatic heterocycles. The van der Waals surface area contributed by atoms with Crippen molar-refractivity contribution in [2.24, 2.45) is 5.92 Å². The quantitative estimate of drug-likeness (QED) is 0.412. The molecule has 0 bridgehead atoms. The maximum absolute atomic E-state index is 11.6. The highest BCUT2D eigenvalue weighted by atomic mass is 16.5. The van der Waals surface area contributed by atoms with E-state index in [1.165, 1.54) is 12.8 Å². The maximum Gasteiger partial charge on any atom is 0.332 e. The van der Waals surface area contributed by atoms with Crippen LogP contribution in [0.15, 0.2) is 23.9 Å². The highest BCUT2D eigenvalue weighted by Crippen LogP contribution is 2.21. The maximum atomic E-state index is 11.6. The minimum atomic E-state index is -0.216. The lowest BCUT2D eigenvalue weighted by Gasteiger charge is -2.23. The third-order valence-electron chi connectivity index (χ3n) is 3.14. The van der Waals surface area contributed by atoms with Gasteiger partial charge in [-0.05, 0) is 39.0 Å². The molecule has 0 amide bonds. The summed E-state index contributed by atoms with van der Waals surface area (Å²) >= 11 is 0. The monoisotopic (exact) mass is 251 g/mol. The summed E-state index contributed by atoms with van der Waals surface area (Å²) in [6.07, 6.45) is 9.26. The minimum Gasteiger partial charge on any atom is -0.463 e. The summed E-state index contributed by atoms with van der Waals surface area (Å²) in [5.74, 6) is 0.239. The molecule has 1 rings (SSSR count). The second-order valence-electron chi connectivity index (χ2n) is 4.79. The molecule has 1 atom stereocenters. The Kier molecular flexibility index (Phi) is 6.55. The van der Waals surface area contributed by atoms with Crippen LogP contribution in [0.2, 0.25) is 0 Å². The normalized spacial score (nSPS) is 18.4. The van der Waals surface area contributed by atoms with Gasteiger partial charge in [0.2, 0.25) is 0 Å². The predicted octanol–water partition coefficient (Wildman–Crippen LogP) is 3.13. The molecule has 1 fully saturated rings. The summed E-state index contributed by atoms with van der Waals surface area (Å²) in [5, 5.41) is 0. The number of carbonyl (C=O) groups is 1. The van der Waals surface area contributed by atoms with Crippen molar-refractivity contribution in [3.05, 3.63) is 23.9 Å². The fourth-order valence-corrected chi connectivity index (χ4v) is 2.33. The fraction of sp³-hybridized carbons (Fsp3) is 0.667. The molecule has 1 heterocycles. The van der Waals surface area contributed by atoms with E-state index in [0.717, 1.165) is 25.2 Å². The van der Waals surface area contributed by atoms with E-state index in [9.17, 15) is 4.79 Å². The Morgan fingerprint density at radius 3 is 2.61 bits per heavy atom. The van der Waals surface area contributed by atoms with Gasteiger partial charge in [-0.2, -0.15) is 0 Å². The van der Waals surface area contributed by atoms with Crippen LogP contribution in [0.3, 0.4) is 0 Å². The van der Waals surface area contributed by atoms with Gasteiger partial charge in [0.15, 0.2) is 0 Å². The first-order valence-electron chi connectivity index (χ1n) is 6.92. The van der Waals surface area contributed by atoms with Gasteiger partial charge in [0.25, 0.3) is 0 Å². The van der Waals surface area contributed by atoms with Gasteiger partial charge in [-0.25, -0.2) is 4.79 Å². The Morgan fingerprint density at radius 2 is 2.06 bits per heavy atom. The zero-order valence-corrected chi connectivity index (χ0v) is 11.8. The van der Waals surface area contributed by atoms with E-state index in [2.05, 4.69) is 24.0 Å². The number of hydrogen-bond donors (Lipinski definition) is 0. The molecular weight excluding hydrogens is 226 g/mol. The van der Waals surface area contributed by atoms with E-state index in [1.54, 1.807) is 6.08 Å². The molecule has 3 nitrogen and oxygen atoms in total. The van der Waals surface area contributed by atoms with E-state index in [1.807, 2.05) is 13.8 Å². The number of nitrogens with zero attached hydrogens (tertiary/aromatic N) is 1. The Hall–Kier alpha value is -1.25. The summed E-state index contributed by atoms with van der Waals surface area (Å²) in [6.45, 7) is 8.61. The number of allylic oxidation sites excluding steroid dienone is 3. The van der Waals surface area contributed by atoms with Crippen molar-refractivity contribution in [3.63, 3.8) is 0 Å². The van der Waals surface area contributed by atoms with Crippen molar-refractivity contribution in [1.29, 1.82) is 0 Å². The minimum absolute atomic E-state index is 0.216. The summed E-state index contributed by atoms with van der Waals surface area (Å²) in [6, 6.07) is 0. The molecule has 1 saturated heterocycles. The molecule has 0 aromatic rings. The lowest BCUT2D eigenvalue weighted by Crippen LogP contribution is -2.21. The zero-order valence-electron chi connectivity index (χ0n) is 11.8. The second kappa shape index (κ2) is 7.96. The van der Waals surface area contributed by atoms with Gasteiger partial charge >= 0.3 is 5.97 Å². The van der Waals surface area contributed by atoms with Crippen LogP contribution in [0.4, 0.5) is 0 Å². The van der Waals surface area contributed by atoms with E-state index >= 15 is 0 Å². The third-order valence-corrected chi connectivity index (χ3v) is 3.14. The van der Waals surface area contributed by atoms with E-state index in [-0.39, 0.29) is 5.97 Å². The van der Waals surface area contributed by atoms with Crippen molar-refractivity contribution in [1.82, 2.24) is 4.90 Å². The Balaban J connectivity index is 2.70. The molecule has 1 aliphatic rings. The zero-order chi connectivity index (χ0) is 13.4. The topological polar surface area (TPSA) is 29.5 Å². The molecule has 0 aromatic heterocycles. The van der Waals surface area contributed by atoms with E-state index in [4.69, 9.17) is 4.74 Å². The van der Waals surface area contributed by atoms with Gasteiger partial charge in [0.1, 0.15) is 0 Å². The summed E-state index contributed by atoms with van der Waals surface area (Å²) in [7, 11) is 0. The molecule has 3 heteroatoms. The van der Waals surface area contributed by atoms with Crippen molar-refractivity contribution < 1.29 is 9.53 Å². The van der Waals surface area contributed by atoms with Gasteiger partial charge in [-0.1, -0.05) is 19.1 Å². The van der Waals surface area contributed by atoms with Crippen LogP contribution in [0.5, 0.6) is 0 Å². The smallest absolute Gasteiger partial charge is 0.332 e. The van der Waals surface area contributed by atoms with Crippen LogP contribution in [-0.4, -0.2) is 30.6 Å². The molecule has 0 aromatic carbocycles. The number of likely N-dealkylation sites (tertiary alicyclic amines) is 1. The van der Waals surface area contributed by atoms with Crippen LogP contribution in [0, 0.1) is 5.92 Å². The van der Waals surface area contributed by atoms with Crippen molar-refractivity contribution in [3.8, 4) is 0 Å². The molecule has 0 unspecified atom stereocenters. The standard InChI is InChI=1S/C15H25NO2/c1-4-8-13(3)11-14(12-15(17)18-5-2)16-9-6-7-10-16/h4,8,12-13H,5-7,9-11H2,1-3H3/b8-4+,14-12-/t13-/m1/s1. The Bertz CT molecular complexity index is 314. The Morgan fingerprint density at radius 1 is 1.39 bits per heavy atom. The summed E-state index contributed by atoms with van der Waals surface area (Å²) in [5.41, 5.74) is 1.12. The van der Waals surface area contributed by atoms with Crippen molar-refractivity contribution >= 4 is 5.97 Å². The van der Waals surface area contributed by atoms with Crippen LogP contribution in [0.25, 0.3) is 0 Å². The molecule has 18 heavy (non-hydrogen) atoms. The summed E-state index contributed by atoms with van der Waals surface area (Å²) < 4.78 is 5.01. The summed E-state index contributed by atoms with van der Waals surface area (Å²) in [4.78, 5) is 13.9. The lowest BCUT2D eigenvalue weighted by molar-refractivity contribution is -0.137. The average molecular weight is 251 g/mol. The highest BCUT2D eigenvalue weighted by Gasteiger charge is 2.17. The Labute approximate surface area is 110 Å². The van der Waals surface area contributed by atoms with E-state index in [0.29, 0.717) is 12.5 Å². The number of ether oxygens (including phenoxy) is 1. The third kappa shape index (κ3) is 4.94. The van der Waals surface area contributed by atoms with Gasteiger partial charge in [0, 0.05) is 24.9 Å². The SMILES string of the molecule is C/C=C/[C@@H](C)C/C(=C/C(=O)OCC)N1CCCC1. The molecule has 0 aliphatic carbocycles. The molecule has 0 N–H and O–H groups in total. The first kappa shape index (κ1) is 14.8. The largest absolute Gasteiger partial charge is 0.463 e. The first-order chi connectivity index (χ1) is 8.67. The van der Waals surface area contributed by atoms with Gasteiger partial charge < -0.3 is 9.64 Å². The van der Waals surface area contributed by atoms with Crippen LogP contribution in [-0.2, 0) is 9.53 Å². The van der Waals surface area contributed by atoms with Gasteiger partial charge in [-0.3, -0.25) is 0 Å². The average Bonchev–Trinajstić information content (AvgIpc) is 2.82. The lowest BCUT2D eigenvalue weighted by atomic mass is 10.0. The molecular formula is C15H25NO2. The van der Waals surface area contributed by atoms with Crippen molar-refractivity contribution in [2.75, 3.05) is 19.7 Å². The molecule has 102 valence electrons. The fourth-order valence-electron chi connectivity index (χ4n) is 2.33. The van der Waals surface area contributed by atoms with Gasteiger partial charge in [-0.15, -0.1) is 0 Å². The highest BCUT2D eigenvalue weighted by molar-refractivity contribution is 5.82. The number of hydrogen-bond acceptors (Lipinski definition) is 3. The van der Waals surface area contributed by atoms with Gasteiger partial charge in [0.05, 0.1) is 6.61 Å². The number of carbonyl (C=O) groups excluding carboxylic acids is 1. The number of rotatable bonds is 6.